The van der Waals surface area contributed by atoms with Crippen molar-refractivity contribution in [1.82, 2.24) is 0 Å². The van der Waals surface area contributed by atoms with Gasteiger partial charge in [0.05, 0.1) is 19.9 Å². The molecule has 2 aromatic carbocycles. The zero-order valence-electron chi connectivity index (χ0n) is 12.1. The van der Waals surface area contributed by atoms with Crippen LogP contribution in [-0.4, -0.2) is 20.1 Å². The molecule has 0 unspecified atom stereocenters. The number of carbonyl (C=O) groups is 1. The van der Waals surface area contributed by atoms with E-state index in [0.717, 1.165) is 5.56 Å². The first-order valence-corrected chi connectivity index (χ1v) is 6.35. The molecule has 0 saturated heterocycles. The summed E-state index contributed by atoms with van der Waals surface area (Å²) in [5.74, 6) is 0.313. The zero-order valence-corrected chi connectivity index (χ0v) is 12.1. The third-order valence-corrected chi connectivity index (χ3v) is 3.12. The van der Waals surface area contributed by atoms with E-state index in [-0.39, 0.29) is 5.56 Å². The van der Waals surface area contributed by atoms with Gasteiger partial charge in [-0.15, -0.1) is 0 Å². The first-order valence-electron chi connectivity index (χ1n) is 6.35. The molecule has 0 saturated carbocycles. The van der Waals surface area contributed by atoms with Gasteiger partial charge in [0, 0.05) is 11.1 Å². The van der Waals surface area contributed by atoms with E-state index in [2.05, 4.69) is 5.32 Å². The van der Waals surface area contributed by atoms with Gasteiger partial charge >= 0.3 is 0 Å². The molecule has 0 aliphatic heterocycles. The van der Waals surface area contributed by atoms with Crippen LogP contribution in [0.4, 0.5) is 10.1 Å². The second-order valence-electron chi connectivity index (χ2n) is 4.44. The van der Waals surface area contributed by atoms with Gasteiger partial charge in [-0.1, -0.05) is 6.07 Å². The number of hydrogen-bond acceptors (Lipinski definition) is 3. The Hall–Kier alpha value is -2.56. The lowest BCUT2D eigenvalue weighted by Crippen LogP contribution is -2.13. The van der Waals surface area contributed by atoms with Gasteiger partial charge in [-0.3, -0.25) is 4.79 Å². The van der Waals surface area contributed by atoms with Gasteiger partial charge in [-0.25, -0.2) is 4.39 Å². The van der Waals surface area contributed by atoms with Gasteiger partial charge in [0.15, 0.2) is 0 Å². The van der Waals surface area contributed by atoms with Crippen LogP contribution in [0.1, 0.15) is 15.9 Å². The first-order chi connectivity index (χ1) is 10.1. The van der Waals surface area contributed by atoms with Crippen LogP contribution >= 0.6 is 0 Å². The number of ether oxygens (including phenoxy) is 2. The molecule has 1 N–H and O–H groups in total. The van der Waals surface area contributed by atoms with E-state index in [1.165, 1.54) is 25.3 Å². The minimum atomic E-state index is -0.458. The summed E-state index contributed by atoms with van der Waals surface area (Å²) in [5, 5.41) is 2.71. The molecule has 5 heteroatoms. The predicted octanol–water partition coefficient (Wildman–Crippen LogP) is 3.40. The molecule has 1 amide bonds. The van der Waals surface area contributed by atoms with E-state index < -0.39 is 11.7 Å². The van der Waals surface area contributed by atoms with Crippen LogP contribution in [-0.2, 0) is 0 Å². The molecule has 0 bridgehead atoms. The van der Waals surface area contributed by atoms with Crippen LogP contribution < -0.4 is 14.8 Å². The average Bonchev–Trinajstić information content (AvgIpc) is 2.47. The second kappa shape index (κ2) is 6.26. The van der Waals surface area contributed by atoms with Crippen molar-refractivity contribution >= 4 is 11.6 Å². The van der Waals surface area contributed by atoms with Gasteiger partial charge in [0.1, 0.15) is 17.3 Å². The third-order valence-electron chi connectivity index (χ3n) is 3.12. The molecule has 0 heterocycles. The number of benzene rings is 2. The molecule has 21 heavy (non-hydrogen) atoms. The third kappa shape index (κ3) is 3.13. The molecule has 0 atom stereocenters. The van der Waals surface area contributed by atoms with Crippen molar-refractivity contribution in [2.24, 2.45) is 0 Å². The van der Waals surface area contributed by atoms with Crippen LogP contribution in [0.25, 0.3) is 0 Å². The molecule has 2 aromatic rings. The van der Waals surface area contributed by atoms with Crippen LogP contribution in [0.3, 0.4) is 0 Å². The van der Waals surface area contributed by atoms with Gasteiger partial charge in [0.25, 0.3) is 5.91 Å². The standard InChI is InChI=1S/C16H16FNO3/c1-10-14(20-2)8-7-13(15(10)21-3)18-16(19)11-5-4-6-12(17)9-11/h4-9H,1-3H3,(H,18,19). The van der Waals surface area contributed by atoms with E-state index in [1.807, 2.05) is 6.92 Å². The predicted molar refractivity (Wildman–Crippen MR) is 78.6 cm³/mol. The minimum Gasteiger partial charge on any atom is -0.496 e. The van der Waals surface area contributed by atoms with Crippen LogP contribution in [0.15, 0.2) is 36.4 Å². The topological polar surface area (TPSA) is 47.6 Å². The van der Waals surface area contributed by atoms with Crippen LogP contribution in [0, 0.1) is 12.7 Å². The van der Waals surface area contributed by atoms with Crippen molar-refractivity contribution in [2.45, 2.75) is 6.92 Å². The second-order valence-corrected chi connectivity index (χ2v) is 4.44. The lowest BCUT2D eigenvalue weighted by molar-refractivity contribution is 0.102. The Morgan fingerprint density at radius 3 is 2.52 bits per heavy atom. The fourth-order valence-electron chi connectivity index (χ4n) is 2.08. The van der Waals surface area contributed by atoms with Gasteiger partial charge < -0.3 is 14.8 Å². The van der Waals surface area contributed by atoms with Crippen molar-refractivity contribution in [1.29, 1.82) is 0 Å². The number of anilines is 1. The molecule has 0 aliphatic rings. The van der Waals surface area contributed by atoms with Gasteiger partial charge in [0.2, 0.25) is 0 Å². The fourth-order valence-corrected chi connectivity index (χ4v) is 2.08. The molecule has 0 aliphatic carbocycles. The SMILES string of the molecule is COc1ccc(NC(=O)c2cccc(F)c2)c(OC)c1C. The van der Waals surface area contributed by atoms with Crippen molar-refractivity contribution in [3.8, 4) is 11.5 Å². The number of amides is 1. The van der Waals surface area contributed by atoms with E-state index in [1.54, 1.807) is 25.3 Å². The highest BCUT2D eigenvalue weighted by atomic mass is 19.1. The van der Waals surface area contributed by atoms with Crippen molar-refractivity contribution in [3.05, 3.63) is 53.3 Å². The molecular weight excluding hydrogens is 273 g/mol. The number of nitrogens with one attached hydrogen (secondary N) is 1. The maximum Gasteiger partial charge on any atom is 0.255 e. The summed E-state index contributed by atoms with van der Waals surface area (Å²) in [7, 11) is 3.08. The number of carbonyl (C=O) groups excluding carboxylic acids is 1. The highest BCUT2D eigenvalue weighted by Gasteiger charge is 2.14. The monoisotopic (exact) mass is 289 g/mol. The number of rotatable bonds is 4. The summed E-state index contributed by atoms with van der Waals surface area (Å²) in [6.07, 6.45) is 0. The molecule has 0 radical (unpaired) electrons. The average molecular weight is 289 g/mol. The quantitative estimate of drug-likeness (QED) is 0.938. The van der Waals surface area contributed by atoms with Crippen molar-refractivity contribution in [2.75, 3.05) is 19.5 Å². The maximum absolute atomic E-state index is 13.2. The number of methoxy groups -OCH3 is 2. The summed E-state index contributed by atoms with van der Waals surface area (Å²) >= 11 is 0. The van der Waals surface area contributed by atoms with Crippen LogP contribution in [0.5, 0.6) is 11.5 Å². The Kier molecular flexibility index (Phi) is 4.42. The molecule has 2 rings (SSSR count). The smallest absolute Gasteiger partial charge is 0.255 e. The molecule has 0 fully saturated rings. The normalized spacial score (nSPS) is 10.1. The number of halogens is 1. The molecule has 0 aromatic heterocycles. The summed E-state index contributed by atoms with van der Waals surface area (Å²) in [4.78, 5) is 12.1. The molecule has 4 nitrogen and oxygen atoms in total. The molecule has 0 spiro atoms. The lowest BCUT2D eigenvalue weighted by Gasteiger charge is -2.15. The number of hydrogen-bond donors (Lipinski definition) is 1. The Morgan fingerprint density at radius 2 is 1.90 bits per heavy atom. The van der Waals surface area contributed by atoms with Gasteiger partial charge in [-0.05, 0) is 37.3 Å². The highest BCUT2D eigenvalue weighted by molar-refractivity contribution is 6.05. The van der Waals surface area contributed by atoms with Crippen molar-refractivity contribution < 1.29 is 18.7 Å². The summed E-state index contributed by atoms with van der Waals surface area (Å²) in [5.41, 5.74) is 1.52. The first kappa shape index (κ1) is 14.8. The zero-order chi connectivity index (χ0) is 15.4. The van der Waals surface area contributed by atoms with Crippen LogP contribution in [0.2, 0.25) is 0 Å². The Bertz CT molecular complexity index is 671. The fraction of sp³-hybridized carbons (Fsp3) is 0.188. The minimum absolute atomic E-state index is 0.241. The van der Waals surface area contributed by atoms with E-state index in [0.29, 0.717) is 17.2 Å². The van der Waals surface area contributed by atoms with E-state index >= 15 is 0 Å². The summed E-state index contributed by atoms with van der Waals surface area (Å²) in [6, 6.07) is 8.91. The summed E-state index contributed by atoms with van der Waals surface area (Å²) < 4.78 is 23.7. The highest BCUT2D eigenvalue weighted by Crippen LogP contribution is 2.35. The van der Waals surface area contributed by atoms with E-state index in [9.17, 15) is 9.18 Å². The Morgan fingerprint density at radius 1 is 1.14 bits per heavy atom. The Labute approximate surface area is 122 Å². The van der Waals surface area contributed by atoms with Crippen molar-refractivity contribution in [3.63, 3.8) is 0 Å². The van der Waals surface area contributed by atoms with Gasteiger partial charge in [-0.2, -0.15) is 0 Å². The molecular formula is C16H16FNO3. The Balaban J connectivity index is 2.31. The van der Waals surface area contributed by atoms with E-state index in [4.69, 9.17) is 9.47 Å². The summed E-state index contributed by atoms with van der Waals surface area (Å²) in [6.45, 7) is 1.83. The largest absolute Gasteiger partial charge is 0.496 e. The lowest BCUT2D eigenvalue weighted by atomic mass is 10.1. The maximum atomic E-state index is 13.2. The molecule has 110 valence electrons.